The van der Waals surface area contributed by atoms with Crippen LogP contribution >= 0.6 is 0 Å². The molecule has 2 unspecified atom stereocenters. The third-order valence-electron chi connectivity index (χ3n) is 4.65. The van der Waals surface area contributed by atoms with Crippen molar-refractivity contribution in [1.29, 1.82) is 0 Å². The van der Waals surface area contributed by atoms with Gasteiger partial charge in [0.2, 0.25) is 5.79 Å². The van der Waals surface area contributed by atoms with Crippen LogP contribution in [0.25, 0.3) is 0 Å². The van der Waals surface area contributed by atoms with Gasteiger partial charge in [0.05, 0.1) is 13.2 Å². The summed E-state index contributed by atoms with van der Waals surface area (Å²) in [5, 5.41) is 0. The molecule has 22 heavy (non-hydrogen) atoms. The molecule has 114 valence electrons. The molecule has 0 radical (unpaired) electrons. The summed E-state index contributed by atoms with van der Waals surface area (Å²) in [5.74, 6) is -0.880. The van der Waals surface area contributed by atoms with Crippen molar-refractivity contribution in [3.63, 3.8) is 0 Å². The highest BCUT2D eigenvalue weighted by Gasteiger charge is 2.53. The lowest BCUT2D eigenvalue weighted by Crippen LogP contribution is -2.50. The Labute approximate surface area is 130 Å². The monoisotopic (exact) mass is 296 g/mol. The first kappa shape index (κ1) is 13.9. The first-order chi connectivity index (χ1) is 10.6. The Morgan fingerprint density at radius 2 is 1.55 bits per heavy atom. The van der Waals surface area contributed by atoms with E-state index in [4.69, 9.17) is 14.2 Å². The van der Waals surface area contributed by atoms with Gasteiger partial charge >= 0.3 is 0 Å². The van der Waals surface area contributed by atoms with Crippen molar-refractivity contribution in [3.05, 3.63) is 71.3 Å². The van der Waals surface area contributed by atoms with Crippen molar-refractivity contribution in [2.45, 2.75) is 31.3 Å². The van der Waals surface area contributed by atoms with Crippen molar-refractivity contribution in [2.75, 3.05) is 13.2 Å². The molecule has 2 aromatic rings. The Balaban J connectivity index is 2.00. The maximum absolute atomic E-state index is 6.42. The van der Waals surface area contributed by atoms with Gasteiger partial charge < -0.3 is 14.2 Å². The average molecular weight is 296 g/mol. The Kier molecular flexibility index (Phi) is 3.12. The van der Waals surface area contributed by atoms with Crippen molar-refractivity contribution >= 4 is 0 Å². The largest absolute Gasteiger partial charge is 0.349 e. The molecule has 3 heteroatoms. The van der Waals surface area contributed by atoms with Crippen LogP contribution in [-0.2, 0) is 25.4 Å². The fraction of sp³-hybridized carbons (Fsp3) is 0.368. The molecule has 2 atom stereocenters. The van der Waals surface area contributed by atoms with E-state index in [-0.39, 0.29) is 11.7 Å². The molecule has 4 rings (SSSR count). The molecule has 0 aromatic heterocycles. The van der Waals surface area contributed by atoms with Gasteiger partial charge in [-0.15, -0.1) is 0 Å². The van der Waals surface area contributed by atoms with Crippen LogP contribution in [-0.4, -0.2) is 19.5 Å². The van der Waals surface area contributed by atoms with Crippen molar-refractivity contribution in [3.8, 4) is 0 Å². The predicted molar refractivity (Wildman–Crippen MR) is 83.5 cm³/mol. The summed E-state index contributed by atoms with van der Waals surface area (Å²) in [5.41, 5.74) is 3.08. The number of hydrogen-bond donors (Lipinski definition) is 0. The van der Waals surface area contributed by atoms with E-state index in [1.54, 1.807) is 0 Å². The first-order valence-corrected chi connectivity index (χ1v) is 7.73. The lowest BCUT2D eigenvalue weighted by Gasteiger charge is -2.47. The maximum Gasteiger partial charge on any atom is 0.225 e. The molecule has 2 aromatic carbocycles. The summed E-state index contributed by atoms with van der Waals surface area (Å²) < 4.78 is 18.6. The molecule has 1 fully saturated rings. The Bertz CT molecular complexity index is 680. The highest BCUT2D eigenvalue weighted by atomic mass is 16.8. The van der Waals surface area contributed by atoms with Crippen LogP contribution in [0.15, 0.2) is 54.6 Å². The molecule has 0 saturated carbocycles. The SMILES string of the molecule is CC1(C)c2ccccc2C2(c3ccccc3)OCCOC1O2. The molecule has 0 amide bonds. The van der Waals surface area contributed by atoms with Gasteiger partial charge in [0.25, 0.3) is 0 Å². The van der Waals surface area contributed by atoms with Gasteiger partial charge in [-0.3, -0.25) is 0 Å². The van der Waals surface area contributed by atoms with Crippen molar-refractivity contribution in [2.24, 2.45) is 0 Å². The van der Waals surface area contributed by atoms with Crippen molar-refractivity contribution < 1.29 is 14.2 Å². The van der Waals surface area contributed by atoms with Gasteiger partial charge in [-0.2, -0.15) is 0 Å². The quantitative estimate of drug-likeness (QED) is 0.805. The van der Waals surface area contributed by atoms with Gasteiger partial charge in [-0.25, -0.2) is 0 Å². The van der Waals surface area contributed by atoms with Crippen LogP contribution in [0.5, 0.6) is 0 Å². The normalized spacial score (nSPS) is 29.5. The highest BCUT2D eigenvalue weighted by Crippen LogP contribution is 2.50. The van der Waals surface area contributed by atoms with E-state index in [0.29, 0.717) is 13.2 Å². The first-order valence-electron chi connectivity index (χ1n) is 7.73. The topological polar surface area (TPSA) is 27.7 Å². The van der Waals surface area contributed by atoms with Gasteiger partial charge in [-0.1, -0.05) is 68.4 Å². The Morgan fingerprint density at radius 1 is 0.864 bits per heavy atom. The average Bonchev–Trinajstić information content (AvgIpc) is 2.78. The number of ether oxygens (including phenoxy) is 3. The summed E-state index contributed by atoms with van der Waals surface area (Å²) in [6, 6.07) is 18.5. The molecule has 3 nitrogen and oxygen atoms in total. The summed E-state index contributed by atoms with van der Waals surface area (Å²) >= 11 is 0. The molecule has 0 aliphatic carbocycles. The van der Waals surface area contributed by atoms with E-state index >= 15 is 0 Å². The lowest BCUT2D eigenvalue weighted by molar-refractivity contribution is -0.290. The minimum absolute atomic E-state index is 0.220. The van der Waals surface area contributed by atoms with Crippen LogP contribution in [0.4, 0.5) is 0 Å². The van der Waals surface area contributed by atoms with Crippen LogP contribution in [0.1, 0.15) is 30.5 Å². The smallest absolute Gasteiger partial charge is 0.225 e. The second kappa shape index (κ2) is 4.92. The van der Waals surface area contributed by atoms with E-state index in [2.05, 4.69) is 44.2 Å². The van der Waals surface area contributed by atoms with E-state index in [1.165, 1.54) is 5.56 Å². The van der Waals surface area contributed by atoms with E-state index < -0.39 is 5.79 Å². The lowest BCUT2D eigenvalue weighted by atomic mass is 9.75. The zero-order valence-corrected chi connectivity index (χ0v) is 12.9. The molecule has 2 bridgehead atoms. The zero-order valence-electron chi connectivity index (χ0n) is 12.9. The number of hydrogen-bond acceptors (Lipinski definition) is 3. The van der Waals surface area contributed by atoms with Crippen molar-refractivity contribution in [1.82, 2.24) is 0 Å². The number of rotatable bonds is 1. The predicted octanol–water partition coefficient (Wildman–Crippen LogP) is 3.57. The standard InChI is InChI=1S/C19H20O3/c1-18(2)15-10-6-7-11-16(15)19(14-8-4-3-5-9-14)21-13-12-20-17(18)22-19/h3-11,17H,12-13H2,1-2H3. The molecule has 2 aliphatic rings. The summed E-state index contributed by atoms with van der Waals surface area (Å²) in [4.78, 5) is 0. The van der Waals surface area contributed by atoms with Gasteiger partial charge in [0.1, 0.15) is 0 Å². The third kappa shape index (κ3) is 1.86. The van der Waals surface area contributed by atoms with Crippen LogP contribution < -0.4 is 0 Å². The van der Waals surface area contributed by atoms with Gasteiger partial charge in [-0.05, 0) is 5.56 Å². The van der Waals surface area contributed by atoms with Gasteiger partial charge in [0.15, 0.2) is 6.29 Å². The van der Waals surface area contributed by atoms with Crippen LogP contribution in [0.2, 0.25) is 0 Å². The summed E-state index contributed by atoms with van der Waals surface area (Å²) in [6.45, 7) is 5.37. The molecule has 0 spiro atoms. The number of fused-ring (bicyclic) bond motifs is 4. The molecular formula is C19H20O3. The van der Waals surface area contributed by atoms with Gasteiger partial charge in [0, 0.05) is 16.5 Å². The van der Waals surface area contributed by atoms with E-state index in [0.717, 1.165) is 11.1 Å². The minimum Gasteiger partial charge on any atom is -0.349 e. The van der Waals surface area contributed by atoms with Crippen LogP contribution in [0.3, 0.4) is 0 Å². The molecule has 1 saturated heterocycles. The summed E-state index contributed by atoms with van der Waals surface area (Å²) in [7, 11) is 0. The Morgan fingerprint density at radius 3 is 2.32 bits per heavy atom. The second-order valence-electron chi connectivity index (χ2n) is 6.42. The number of benzene rings is 2. The van der Waals surface area contributed by atoms with E-state index in [9.17, 15) is 0 Å². The fourth-order valence-electron chi connectivity index (χ4n) is 3.48. The molecule has 0 N–H and O–H groups in total. The second-order valence-corrected chi connectivity index (χ2v) is 6.42. The highest BCUT2D eigenvalue weighted by molar-refractivity contribution is 5.45. The molecule has 2 aliphatic heterocycles. The molecule has 2 heterocycles. The Hall–Kier alpha value is -1.68. The van der Waals surface area contributed by atoms with Crippen LogP contribution in [0, 0.1) is 0 Å². The minimum atomic E-state index is -0.880. The molecular weight excluding hydrogens is 276 g/mol. The zero-order chi connectivity index (χ0) is 15.2. The maximum atomic E-state index is 6.42. The third-order valence-corrected chi connectivity index (χ3v) is 4.65. The summed E-state index contributed by atoms with van der Waals surface area (Å²) in [6.07, 6.45) is -0.329. The van der Waals surface area contributed by atoms with E-state index in [1.807, 2.05) is 24.3 Å². The fourth-order valence-corrected chi connectivity index (χ4v) is 3.48.